The monoisotopic (exact) mass is 595 g/mol. The van der Waals surface area contributed by atoms with Gasteiger partial charge >= 0.3 is 12.1 Å². The van der Waals surface area contributed by atoms with Crippen LogP contribution in [0.3, 0.4) is 0 Å². The van der Waals surface area contributed by atoms with Gasteiger partial charge in [-0.15, -0.1) is 23.1 Å². The molecule has 1 aromatic heterocycles. The number of aromatic nitrogens is 1. The molecule has 0 aliphatic rings. The molecule has 204 valence electrons. The van der Waals surface area contributed by atoms with Crippen LogP contribution in [0.25, 0.3) is 10.6 Å². The van der Waals surface area contributed by atoms with E-state index in [-0.39, 0.29) is 5.02 Å². The first-order valence-corrected chi connectivity index (χ1v) is 13.8. The molecule has 0 saturated heterocycles. The smallest absolute Gasteiger partial charge is 0.416 e. The third kappa shape index (κ3) is 6.93. The molecule has 1 atom stereocenters. The first-order chi connectivity index (χ1) is 18.4. The van der Waals surface area contributed by atoms with Crippen LogP contribution in [0.4, 0.5) is 17.6 Å². The van der Waals surface area contributed by atoms with Crippen molar-refractivity contribution < 1.29 is 32.2 Å². The SMILES string of the molecule is Cc1cc(SCC(c2sc(-c3ccc(C(F)(F)F)cc3)nc2C)c2c(F)cccc2Cl)ccc1OCC(=O)O. The minimum Gasteiger partial charge on any atom is -0.482 e. The van der Waals surface area contributed by atoms with Gasteiger partial charge < -0.3 is 9.84 Å². The summed E-state index contributed by atoms with van der Waals surface area (Å²) < 4.78 is 59.4. The molecule has 0 bridgehead atoms. The van der Waals surface area contributed by atoms with Crippen molar-refractivity contribution in [3.05, 3.63) is 98.8 Å². The van der Waals surface area contributed by atoms with E-state index in [4.69, 9.17) is 21.4 Å². The Morgan fingerprint density at radius 2 is 1.85 bits per heavy atom. The Morgan fingerprint density at radius 1 is 1.13 bits per heavy atom. The molecule has 4 aromatic rings. The lowest BCUT2D eigenvalue weighted by Gasteiger charge is -2.19. The first-order valence-electron chi connectivity index (χ1n) is 11.6. The van der Waals surface area contributed by atoms with Crippen molar-refractivity contribution in [1.82, 2.24) is 4.98 Å². The van der Waals surface area contributed by atoms with E-state index in [1.807, 2.05) is 6.07 Å². The maximum Gasteiger partial charge on any atom is 0.416 e. The lowest BCUT2D eigenvalue weighted by atomic mass is 9.97. The summed E-state index contributed by atoms with van der Waals surface area (Å²) in [6.07, 6.45) is -4.44. The second-order valence-corrected chi connectivity index (χ2v) is 11.2. The van der Waals surface area contributed by atoms with Crippen LogP contribution in [-0.2, 0) is 11.0 Å². The third-order valence-electron chi connectivity index (χ3n) is 5.87. The van der Waals surface area contributed by atoms with Crippen LogP contribution in [0.5, 0.6) is 5.75 Å². The Balaban J connectivity index is 1.66. The van der Waals surface area contributed by atoms with Gasteiger partial charge in [0.05, 0.1) is 11.3 Å². The van der Waals surface area contributed by atoms with Gasteiger partial charge in [-0.05, 0) is 61.9 Å². The maximum absolute atomic E-state index is 15.1. The van der Waals surface area contributed by atoms with E-state index in [9.17, 15) is 18.0 Å². The number of ether oxygens (including phenoxy) is 1. The summed E-state index contributed by atoms with van der Waals surface area (Å²) in [4.78, 5) is 17.0. The highest BCUT2D eigenvalue weighted by Crippen LogP contribution is 2.43. The molecule has 3 aromatic carbocycles. The molecule has 0 radical (unpaired) electrons. The normalized spacial score (nSPS) is 12.4. The minimum absolute atomic E-state index is 0.262. The molecular formula is C28H22ClF4NO3S2. The molecule has 1 unspecified atom stereocenters. The zero-order valence-electron chi connectivity index (χ0n) is 20.7. The Bertz CT molecular complexity index is 1470. The molecule has 0 aliphatic carbocycles. The predicted octanol–water partition coefficient (Wildman–Crippen LogP) is 8.63. The fourth-order valence-corrected chi connectivity index (χ4v) is 6.68. The molecular weight excluding hydrogens is 574 g/mol. The standard InChI is InChI=1S/C28H22ClF4NO3S2/c1-15-12-19(10-11-23(15)37-13-24(35)36)38-14-20(25-21(29)4-3-5-22(25)30)26-16(2)34-27(39-26)17-6-8-18(9-7-17)28(31,32)33/h3-12,20H,13-14H2,1-2H3,(H,35,36). The lowest BCUT2D eigenvalue weighted by Crippen LogP contribution is -2.10. The number of aliphatic carboxylic acids is 1. The molecule has 1 heterocycles. The van der Waals surface area contributed by atoms with Gasteiger partial charge in [-0.1, -0.05) is 29.8 Å². The first kappa shape index (κ1) is 28.9. The van der Waals surface area contributed by atoms with E-state index in [2.05, 4.69) is 4.98 Å². The molecule has 4 rings (SSSR count). The summed E-state index contributed by atoms with van der Waals surface area (Å²) in [6, 6.07) is 14.6. The summed E-state index contributed by atoms with van der Waals surface area (Å²) in [5.74, 6) is -1.19. The largest absolute Gasteiger partial charge is 0.482 e. The highest BCUT2D eigenvalue weighted by Gasteiger charge is 2.30. The second kappa shape index (κ2) is 12.0. The van der Waals surface area contributed by atoms with Crippen LogP contribution in [0.2, 0.25) is 5.02 Å². The predicted molar refractivity (Wildman–Crippen MR) is 146 cm³/mol. The summed E-state index contributed by atoms with van der Waals surface area (Å²) in [5.41, 5.74) is 1.48. The van der Waals surface area contributed by atoms with Gasteiger partial charge in [0.1, 0.15) is 16.6 Å². The van der Waals surface area contributed by atoms with Crippen LogP contribution < -0.4 is 4.74 Å². The Hall–Kier alpha value is -3.08. The topological polar surface area (TPSA) is 59.4 Å². The number of thioether (sulfide) groups is 1. The van der Waals surface area contributed by atoms with Crippen LogP contribution >= 0.6 is 34.7 Å². The van der Waals surface area contributed by atoms with Gasteiger partial charge in [-0.3, -0.25) is 0 Å². The molecule has 4 nitrogen and oxygen atoms in total. The van der Waals surface area contributed by atoms with Crippen molar-refractivity contribution in [1.29, 1.82) is 0 Å². The van der Waals surface area contributed by atoms with Crippen LogP contribution in [0.15, 0.2) is 65.6 Å². The Labute approximate surface area is 235 Å². The van der Waals surface area contributed by atoms with Gasteiger partial charge in [0.2, 0.25) is 0 Å². The molecule has 0 aliphatic heterocycles. The van der Waals surface area contributed by atoms with E-state index in [1.54, 1.807) is 32.0 Å². The molecule has 0 amide bonds. The zero-order valence-corrected chi connectivity index (χ0v) is 23.1. The number of aryl methyl sites for hydroxylation is 2. The minimum atomic E-state index is -4.44. The third-order valence-corrected chi connectivity index (χ3v) is 8.61. The van der Waals surface area contributed by atoms with Crippen molar-refractivity contribution in [2.75, 3.05) is 12.4 Å². The number of alkyl halides is 3. The fourth-order valence-electron chi connectivity index (χ4n) is 3.98. The van der Waals surface area contributed by atoms with E-state index in [0.717, 1.165) is 27.5 Å². The summed E-state index contributed by atoms with van der Waals surface area (Å²) >= 11 is 9.21. The summed E-state index contributed by atoms with van der Waals surface area (Å²) in [5, 5.41) is 9.63. The van der Waals surface area contributed by atoms with Crippen molar-refractivity contribution in [2.45, 2.75) is 30.8 Å². The van der Waals surface area contributed by atoms with Crippen LogP contribution in [0.1, 0.15) is 33.2 Å². The van der Waals surface area contributed by atoms with Crippen molar-refractivity contribution in [3.8, 4) is 16.3 Å². The summed E-state index contributed by atoms with van der Waals surface area (Å²) in [6.45, 7) is 3.13. The maximum atomic E-state index is 15.1. The molecule has 11 heteroatoms. The van der Waals surface area contributed by atoms with Gasteiger partial charge in [0.15, 0.2) is 6.61 Å². The van der Waals surface area contributed by atoms with Gasteiger partial charge in [0, 0.05) is 37.6 Å². The number of carbonyl (C=O) groups is 1. The summed E-state index contributed by atoms with van der Waals surface area (Å²) in [7, 11) is 0. The molecule has 0 fully saturated rings. The van der Waals surface area contributed by atoms with E-state index < -0.39 is 36.1 Å². The average Bonchev–Trinajstić information content (AvgIpc) is 3.26. The lowest BCUT2D eigenvalue weighted by molar-refractivity contribution is -0.139. The second-order valence-electron chi connectivity index (χ2n) is 8.65. The number of rotatable bonds is 9. The Morgan fingerprint density at radius 3 is 2.46 bits per heavy atom. The van der Waals surface area contributed by atoms with Gasteiger partial charge in [-0.2, -0.15) is 13.2 Å². The highest BCUT2D eigenvalue weighted by atomic mass is 35.5. The van der Waals surface area contributed by atoms with Crippen LogP contribution in [-0.4, -0.2) is 28.4 Å². The number of hydrogen-bond donors (Lipinski definition) is 1. The van der Waals surface area contributed by atoms with Crippen LogP contribution in [0, 0.1) is 19.7 Å². The van der Waals surface area contributed by atoms with Gasteiger partial charge in [-0.25, -0.2) is 14.2 Å². The average molecular weight is 596 g/mol. The number of hydrogen-bond acceptors (Lipinski definition) is 5. The number of carboxylic acid groups (broad SMARTS) is 1. The molecule has 39 heavy (non-hydrogen) atoms. The highest BCUT2D eigenvalue weighted by molar-refractivity contribution is 7.99. The van der Waals surface area contributed by atoms with Crippen molar-refractivity contribution in [2.24, 2.45) is 0 Å². The molecule has 1 N–H and O–H groups in total. The fraction of sp³-hybridized carbons (Fsp3) is 0.214. The van der Waals surface area contributed by atoms with Crippen molar-refractivity contribution >= 4 is 40.7 Å². The Kier molecular flexibility index (Phi) is 8.88. The van der Waals surface area contributed by atoms with Gasteiger partial charge in [0.25, 0.3) is 0 Å². The van der Waals surface area contributed by atoms with E-state index in [0.29, 0.717) is 33.3 Å². The number of carboxylic acids is 1. The zero-order chi connectivity index (χ0) is 28.3. The quantitative estimate of drug-likeness (QED) is 0.155. The molecule has 0 saturated carbocycles. The molecule has 0 spiro atoms. The van der Waals surface area contributed by atoms with E-state index >= 15 is 4.39 Å². The number of nitrogens with zero attached hydrogens (tertiary/aromatic N) is 1. The van der Waals surface area contributed by atoms with Crippen molar-refractivity contribution in [3.63, 3.8) is 0 Å². The number of benzene rings is 3. The van der Waals surface area contributed by atoms with E-state index in [1.165, 1.54) is 47.4 Å². The number of halogens is 5. The number of thiazole rings is 1.